The fraction of sp³-hybridized carbons (Fsp3) is 0.765. The van der Waals surface area contributed by atoms with Gasteiger partial charge in [0.15, 0.2) is 5.96 Å². The molecule has 0 amide bonds. The molecular formula is C17H30N4S. The van der Waals surface area contributed by atoms with E-state index in [1.807, 2.05) is 0 Å². The summed E-state index contributed by atoms with van der Waals surface area (Å²) in [6, 6.07) is 0. The molecule has 0 aliphatic carbocycles. The molecule has 1 aromatic heterocycles. The zero-order valence-corrected chi connectivity index (χ0v) is 15.2. The lowest BCUT2D eigenvalue weighted by atomic mass is 10.00. The summed E-state index contributed by atoms with van der Waals surface area (Å²) in [6.45, 7) is 12.9. The lowest BCUT2D eigenvalue weighted by Gasteiger charge is -2.33. The van der Waals surface area contributed by atoms with Gasteiger partial charge in [-0.25, -0.2) is 4.98 Å². The van der Waals surface area contributed by atoms with Crippen LogP contribution in [-0.2, 0) is 6.42 Å². The molecule has 5 heteroatoms. The van der Waals surface area contributed by atoms with Crippen LogP contribution in [0.15, 0.2) is 10.4 Å². The maximum Gasteiger partial charge on any atom is 0.193 e. The van der Waals surface area contributed by atoms with E-state index in [4.69, 9.17) is 9.98 Å². The van der Waals surface area contributed by atoms with Crippen molar-refractivity contribution >= 4 is 17.3 Å². The zero-order chi connectivity index (χ0) is 15.9. The van der Waals surface area contributed by atoms with Gasteiger partial charge in [0.25, 0.3) is 0 Å². The number of rotatable bonds is 5. The third-order valence-electron chi connectivity index (χ3n) is 4.11. The highest BCUT2D eigenvalue weighted by Gasteiger charge is 2.18. The van der Waals surface area contributed by atoms with Crippen molar-refractivity contribution in [2.24, 2.45) is 10.9 Å². The van der Waals surface area contributed by atoms with E-state index in [2.05, 4.69) is 43.3 Å². The predicted molar refractivity (Wildman–Crippen MR) is 95.9 cm³/mol. The highest BCUT2D eigenvalue weighted by molar-refractivity contribution is 7.09. The summed E-state index contributed by atoms with van der Waals surface area (Å²) in [5, 5.41) is 6.85. The molecular weight excluding hydrogens is 292 g/mol. The van der Waals surface area contributed by atoms with Gasteiger partial charge in [-0.15, -0.1) is 11.3 Å². The summed E-state index contributed by atoms with van der Waals surface area (Å²) in [6.07, 6.45) is 3.48. The molecule has 1 aliphatic rings. The van der Waals surface area contributed by atoms with E-state index in [0.717, 1.165) is 44.5 Å². The number of piperidine rings is 1. The van der Waals surface area contributed by atoms with Crippen LogP contribution < -0.4 is 5.32 Å². The van der Waals surface area contributed by atoms with Gasteiger partial charge < -0.3 is 10.2 Å². The molecule has 2 heterocycles. The molecule has 0 saturated carbocycles. The van der Waals surface area contributed by atoms with Gasteiger partial charge in [0, 0.05) is 43.9 Å². The number of aliphatic imine (C=N–C) groups is 1. The van der Waals surface area contributed by atoms with E-state index >= 15 is 0 Å². The average molecular weight is 323 g/mol. The Morgan fingerprint density at radius 2 is 2.18 bits per heavy atom. The predicted octanol–water partition coefficient (Wildman–Crippen LogP) is 3.51. The molecule has 1 aromatic rings. The normalized spacial score (nSPS) is 17.3. The van der Waals surface area contributed by atoms with Gasteiger partial charge in [0.2, 0.25) is 0 Å². The number of hydrogen-bond donors (Lipinski definition) is 1. The minimum Gasteiger partial charge on any atom is -0.357 e. The molecule has 0 spiro atoms. The summed E-state index contributed by atoms with van der Waals surface area (Å²) < 4.78 is 0. The molecule has 0 radical (unpaired) electrons. The molecule has 1 saturated heterocycles. The number of nitrogens with one attached hydrogen (secondary N) is 1. The minimum absolute atomic E-state index is 0.523. The van der Waals surface area contributed by atoms with Gasteiger partial charge >= 0.3 is 0 Å². The minimum atomic E-state index is 0.523. The molecule has 1 aliphatic heterocycles. The molecule has 124 valence electrons. The average Bonchev–Trinajstić information content (AvgIpc) is 2.96. The van der Waals surface area contributed by atoms with E-state index in [1.165, 1.54) is 23.5 Å². The first kappa shape index (κ1) is 17.3. The Kier molecular flexibility index (Phi) is 6.68. The van der Waals surface area contributed by atoms with Gasteiger partial charge in [-0.2, -0.15) is 0 Å². The van der Waals surface area contributed by atoms with E-state index in [1.54, 1.807) is 11.3 Å². The third-order valence-corrected chi connectivity index (χ3v) is 5.31. The maximum atomic E-state index is 4.81. The number of aromatic nitrogens is 1. The van der Waals surface area contributed by atoms with Crippen molar-refractivity contribution in [3.05, 3.63) is 16.1 Å². The van der Waals surface area contributed by atoms with Crippen LogP contribution in [0.5, 0.6) is 0 Å². The second-order valence-electron chi connectivity index (χ2n) is 6.49. The van der Waals surface area contributed by atoms with Crippen LogP contribution in [0.4, 0.5) is 0 Å². The molecule has 1 N–H and O–H groups in total. The van der Waals surface area contributed by atoms with Gasteiger partial charge in [-0.05, 0) is 25.7 Å². The Morgan fingerprint density at radius 3 is 2.77 bits per heavy atom. The van der Waals surface area contributed by atoms with E-state index in [-0.39, 0.29) is 0 Å². The van der Waals surface area contributed by atoms with E-state index in [0.29, 0.717) is 5.92 Å². The van der Waals surface area contributed by atoms with Crippen LogP contribution in [0.2, 0.25) is 0 Å². The lowest BCUT2D eigenvalue weighted by molar-refractivity contribution is 0.273. The zero-order valence-electron chi connectivity index (χ0n) is 14.4. The molecule has 1 fully saturated rings. The van der Waals surface area contributed by atoms with Gasteiger partial charge in [0.1, 0.15) is 0 Å². The van der Waals surface area contributed by atoms with Crippen molar-refractivity contribution in [3.8, 4) is 0 Å². The summed E-state index contributed by atoms with van der Waals surface area (Å²) in [7, 11) is 0. The Hall–Kier alpha value is -1.10. The third kappa shape index (κ3) is 4.97. The Balaban J connectivity index is 1.89. The molecule has 22 heavy (non-hydrogen) atoms. The van der Waals surface area contributed by atoms with Gasteiger partial charge in [-0.1, -0.05) is 20.8 Å². The highest BCUT2D eigenvalue weighted by Crippen LogP contribution is 2.19. The summed E-state index contributed by atoms with van der Waals surface area (Å²) in [5.41, 5.74) is 1.18. The topological polar surface area (TPSA) is 40.5 Å². The van der Waals surface area contributed by atoms with Crippen LogP contribution in [-0.4, -0.2) is 42.0 Å². The number of hydrogen-bond acceptors (Lipinski definition) is 3. The first-order valence-corrected chi connectivity index (χ1v) is 9.45. The first-order chi connectivity index (χ1) is 10.6. The van der Waals surface area contributed by atoms with Crippen LogP contribution >= 0.6 is 11.3 Å². The summed E-state index contributed by atoms with van der Waals surface area (Å²) >= 11 is 1.77. The molecule has 0 unspecified atom stereocenters. The van der Waals surface area contributed by atoms with Crippen molar-refractivity contribution in [1.29, 1.82) is 0 Å². The van der Waals surface area contributed by atoms with Crippen molar-refractivity contribution < 1.29 is 0 Å². The second kappa shape index (κ2) is 8.51. The smallest absolute Gasteiger partial charge is 0.193 e. The van der Waals surface area contributed by atoms with Crippen LogP contribution in [0, 0.1) is 5.92 Å². The van der Waals surface area contributed by atoms with Crippen molar-refractivity contribution in [3.63, 3.8) is 0 Å². The van der Waals surface area contributed by atoms with Crippen LogP contribution in [0.3, 0.4) is 0 Å². The van der Waals surface area contributed by atoms with Crippen LogP contribution in [0.1, 0.15) is 57.2 Å². The van der Waals surface area contributed by atoms with Crippen molar-refractivity contribution in [2.45, 2.75) is 52.9 Å². The van der Waals surface area contributed by atoms with Crippen molar-refractivity contribution in [2.75, 3.05) is 26.2 Å². The quantitative estimate of drug-likeness (QED) is 0.666. The molecule has 2 rings (SSSR count). The fourth-order valence-electron chi connectivity index (χ4n) is 2.63. The molecule has 0 atom stereocenters. The van der Waals surface area contributed by atoms with Crippen LogP contribution in [0.25, 0.3) is 0 Å². The number of thiazole rings is 1. The number of guanidine groups is 1. The number of nitrogens with zero attached hydrogens (tertiary/aromatic N) is 3. The van der Waals surface area contributed by atoms with E-state index in [9.17, 15) is 0 Å². The maximum absolute atomic E-state index is 4.81. The SMILES string of the molecule is CCNC(=NCCc1csc(C(C)C)n1)N1CCC(C)CC1. The fourth-order valence-corrected chi connectivity index (χ4v) is 3.49. The summed E-state index contributed by atoms with van der Waals surface area (Å²) in [5.74, 6) is 2.45. The lowest BCUT2D eigenvalue weighted by Crippen LogP contribution is -2.45. The van der Waals surface area contributed by atoms with Gasteiger partial charge in [0.05, 0.1) is 10.7 Å². The largest absolute Gasteiger partial charge is 0.357 e. The molecule has 0 bridgehead atoms. The van der Waals surface area contributed by atoms with E-state index < -0.39 is 0 Å². The first-order valence-electron chi connectivity index (χ1n) is 8.57. The Morgan fingerprint density at radius 1 is 1.45 bits per heavy atom. The summed E-state index contributed by atoms with van der Waals surface area (Å²) in [4.78, 5) is 11.9. The Bertz CT molecular complexity index is 473. The Labute approximate surface area is 139 Å². The monoisotopic (exact) mass is 322 g/mol. The molecule has 4 nitrogen and oxygen atoms in total. The second-order valence-corrected chi connectivity index (χ2v) is 7.38. The number of likely N-dealkylation sites (tertiary alicyclic amines) is 1. The standard InChI is InChI=1S/C17H30N4S/c1-5-18-17(21-10-7-14(4)8-11-21)19-9-6-15-12-22-16(20-15)13(2)3/h12-14H,5-11H2,1-4H3,(H,18,19). The van der Waals surface area contributed by atoms with Crippen molar-refractivity contribution in [1.82, 2.24) is 15.2 Å². The highest BCUT2D eigenvalue weighted by atomic mass is 32.1. The van der Waals surface area contributed by atoms with Gasteiger partial charge in [-0.3, -0.25) is 4.99 Å². The molecule has 0 aromatic carbocycles.